The van der Waals surface area contributed by atoms with Gasteiger partial charge in [-0.15, -0.1) is 0 Å². The van der Waals surface area contributed by atoms with E-state index in [4.69, 9.17) is 0 Å². The zero-order chi connectivity index (χ0) is 19.8. The molecule has 2 N–H and O–H groups in total. The molecule has 0 bridgehead atoms. The van der Waals surface area contributed by atoms with Crippen molar-refractivity contribution in [3.05, 3.63) is 112 Å². The van der Waals surface area contributed by atoms with Gasteiger partial charge in [0, 0.05) is 16.6 Å². The third kappa shape index (κ3) is 5.66. The van der Waals surface area contributed by atoms with Crippen molar-refractivity contribution in [1.82, 2.24) is 10.6 Å². The number of benzene rings is 3. The van der Waals surface area contributed by atoms with E-state index in [-0.39, 0.29) is 17.5 Å². The first-order valence-corrected chi connectivity index (χ1v) is 9.57. The molecular formula is C23H19BrN2O2. The van der Waals surface area contributed by atoms with Gasteiger partial charge in [0.2, 0.25) is 0 Å². The van der Waals surface area contributed by atoms with Crippen molar-refractivity contribution in [2.75, 3.05) is 0 Å². The van der Waals surface area contributed by atoms with Crippen molar-refractivity contribution in [1.29, 1.82) is 0 Å². The van der Waals surface area contributed by atoms with Crippen LogP contribution in [0.3, 0.4) is 0 Å². The number of hydrogen-bond donors (Lipinski definition) is 2. The highest BCUT2D eigenvalue weighted by Crippen LogP contribution is 2.13. The van der Waals surface area contributed by atoms with Crippen LogP contribution in [0.4, 0.5) is 0 Å². The van der Waals surface area contributed by atoms with Crippen LogP contribution >= 0.6 is 15.9 Å². The molecule has 0 spiro atoms. The van der Waals surface area contributed by atoms with E-state index in [1.165, 1.54) is 0 Å². The molecule has 0 aliphatic rings. The second-order valence-corrected chi connectivity index (χ2v) is 7.01. The predicted molar refractivity (Wildman–Crippen MR) is 114 cm³/mol. The number of rotatable bonds is 6. The summed E-state index contributed by atoms with van der Waals surface area (Å²) in [6.45, 7) is 0.374. The molecule has 5 heteroatoms. The van der Waals surface area contributed by atoms with Crippen molar-refractivity contribution in [2.45, 2.75) is 6.54 Å². The van der Waals surface area contributed by atoms with Crippen LogP contribution < -0.4 is 10.6 Å². The molecule has 2 amide bonds. The van der Waals surface area contributed by atoms with E-state index in [2.05, 4.69) is 26.6 Å². The molecule has 0 saturated heterocycles. The van der Waals surface area contributed by atoms with Crippen LogP contribution in [0.5, 0.6) is 0 Å². The number of carbonyl (C=O) groups excluding carboxylic acids is 2. The summed E-state index contributed by atoms with van der Waals surface area (Å²) in [6.07, 6.45) is 1.66. The molecule has 0 heterocycles. The van der Waals surface area contributed by atoms with Crippen LogP contribution in [-0.4, -0.2) is 11.8 Å². The fourth-order valence-corrected chi connectivity index (χ4v) is 2.81. The van der Waals surface area contributed by atoms with Gasteiger partial charge < -0.3 is 10.6 Å². The molecule has 3 aromatic rings. The van der Waals surface area contributed by atoms with Gasteiger partial charge in [-0.1, -0.05) is 76.6 Å². The van der Waals surface area contributed by atoms with Crippen molar-refractivity contribution >= 4 is 33.8 Å². The lowest BCUT2D eigenvalue weighted by atomic mass is 10.1. The second-order valence-electron chi connectivity index (χ2n) is 6.10. The van der Waals surface area contributed by atoms with Crippen molar-refractivity contribution in [3.63, 3.8) is 0 Å². The summed E-state index contributed by atoms with van der Waals surface area (Å²) in [5, 5.41) is 5.59. The minimum absolute atomic E-state index is 0.187. The normalized spacial score (nSPS) is 11.0. The fraction of sp³-hybridized carbons (Fsp3) is 0.0435. The summed E-state index contributed by atoms with van der Waals surface area (Å²) in [5.41, 5.74) is 2.46. The zero-order valence-corrected chi connectivity index (χ0v) is 16.6. The Kier molecular flexibility index (Phi) is 6.76. The van der Waals surface area contributed by atoms with Crippen molar-refractivity contribution in [2.24, 2.45) is 0 Å². The Morgan fingerprint density at radius 2 is 1.43 bits per heavy atom. The Hall–Kier alpha value is -3.18. The van der Waals surface area contributed by atoms with E-state index in [0.717, 1.165) is 15.6 Å². The Labute approximate surface area is 172 Å². The molecule has 0 fully saturated rings. The third-order valence-corrected chi connectivity index (χ3v) is 4.53. The van der Waals surface area contributed by atoms with Gasteiger partial charge in [-0.2, -0.15) is 0 Å². The molecule has 0 atom stereocenters. The molecule has 140 valence electrons. The minimum atomic E-state index is -0.351. The van der Waals surface area contributed by atoms with Crippen LogP contribution in [0.2, 0.25) is 0 Å². The monoisotopic (exact) mass is 434 g/mol. The maximum absolute atomic E-state index is 12.8. The van der Waals surface area contributed by atoms with Crippen LogP contribution in [0, 0.1) is 0 Å². The van der Waals surface area contributed by atoms with E-state index >= 15 is 0 Å². The molecule has 0 saturated carbocycles. The number of amides is 2. The molecule has 0 unspecified atom stereocenters. The quantitative estimate of drug-likeness (QED) is 0.559. The lowest BCUT2D eigenvalue weighted by Gasteiger charge is -2.11. The summed E-state index contributed by atoms with van der Waals surface area (Å²) < 4.78 is 0.938. The van der Waals surface area contributed by atoms with Gasteiger partial charge >= 0.3 is 0 Å². The van der Waals surface area contributed by atoms with Crippen LogP contribution in [0.25, 0.3) is 6.08 Å². The lowest BCUT2D eigenvalue weighted by Crippen LogP contribution is -2.34. The molecule has 0 aliphatic heterocycles. The molecule has 28 heavy (non-hydrogen) atoms. The Morgan fingerprint density at radius 3 is 2.07 bits per heavy atom. The van der Waals surface area contributed by atoms with Gasteiger partial charge in [0.05, 0.1) is 0 Å². The summed E-state index contributed by atoms with van der Waals surface area (Å²) in [4.78, 5) is 25.3. The highest BCUT2D eigenvalue weighted by Gasteiger charge is 2.14. The number of nitrogens with one attached hydrogen (secondary N) is 2. The van der Waals surface area contributed by atoms with Gasteiger partial charge in [-0.3, -0.25) is 9.59 Å². The van der Waals surface area contributed by atoms with E-state index < -0.39 is 0 Å². The van der Waals surface area contributed by atoms with E-state index in [1.54, 1.807) is 30.3 Å². The summed E-state index contributed by atoms with van der Waals surface area (Å²) in [5.74, 6) is -0.685. The number of halogens is 1. The first-order chi connectivity index (χ1) is 13.6. The second kappa shape index (κ2) is 9.67. The summed E-state index contributed by atoms with van der Waals surface area (Å²) in [7, 11) is 0. The third-order valence-electron chi connectivity index (χ3n) is 4.01. The molecular weight excluding hydrogens is 416 g/mol. The molecule has 3 rings (SSSR count). The SMILES string of the molecule is O=C(NCc1ccccc1)C(=Cc1ccc(Br)cc1)NC(=O)c1ccccc1. The highest BCUT2D eigenvalue weighted by atomic mass is 79.9. The molecule has 4 nitrogen and oxygen atoms in total. The first-order valence-electron chi connectivity index (χ1n) is 8.77. The fourth-order valence-electron chi connectivity index (χ4n) is 2.54. The molecule has 0 aromatic heterocycles. The van der Waals surface area contributed by atoms with Gasteiger partial charge in [-0.25, -0.2) is 0 Å². The summed E-state index contributed by atoms with van der Waals surface area (Å²) in [6, 6.07) is 25.9. The zero-order valence-electron chi connectivity index (χ0n) is 15.1. The summed E-state index contributed by atoms with van der Waals surface area (Å²) >= 11 is 3.39. The topological polar surface area (TPSA) is 58.2 Å². The Morgan fingerprint density at radius 1 is 0.821 bits per heavy atom. The average molecular weight is 435 g/mol. The molecule has 0 aliphatic carbocycles. The van der Waals surface area contributed by atoms with Gasteiger partial charge in [0.1, 0.15) is 5.70 Å². The van der Waals surface area contributed by atoms with Gasteiger partial charge in [-0.05, 0) is 41.5 Å². The standard InChI is InChI=1S/C23H19BrN2O2/c24-20-13-11-17(12-14-20)15-21(26-22(27)19-9-5-2-6-10-19)23(28)25-16-18-7-3-1-4-8-18/h1-15H,16H2,(H,25,28)(H,26,27). The van der Waals surface area contributed by atoms with Crippen LogP contribution in [0.15, 0.2) is 95.1 Å². The van der Waals surface area contributed by atoms with Crippen molar-refractivity contribution < 1.29 is 9.59 Å². The van der Waals surface area contributed by atoms with Crippen LogP contribution in [0.1, 0.15) is 21.5 Å². The maximum Gasteiger partial charge on any atom is 0.268 e. The van der Waals surface area contributed by atoms with E-state index in [9.17, 15) is 9.59 Å². The Balaban J connectivity index is 1.80. The average Bonchev–Trinajstić information content (AvgIpc) is 2.74. The maximum atomic E-state index is 12.8. The first kappa shape index (κ1) is 19.6. The van der Waals surface area contributed by atoms with E-state index in [1.807, 2.05) is 60.7 Å². The lowest BCUT2D eigenvalue weighted by molar-refractivity contribution is -0.117. The number of carbonyl (C=O) groups is 2. The predicted octanol–water partition coefficient (Wildman–Crippen LogP) is 4.54. The highest BCUT2D eigenvalue weighted by molar-refractivity contribution is 9.10. The molecule has 3 aromatic carbocycles. The van der Waals surface area contributed by atoms with Crippen molar-refractivity contribution in [3.8, 4) is 0 Å². The smallest absolute Gasteiger partial charge is 0.268 e. The van der Waals surface area contributed by atoms with Crippen LogP contribution in [-0.2, 0) is 11.3 Å². The molecule has 0 radical (unpaired) electrons. The van der Waals surface area contributed by atoms with Gasteiger partial charge in [0.25, 0.3) is 11.8 Å². The van der Waals surface area contributed by atoms with E-state index in [0.29, 0.717) is 12.1 Å². The largest absolute Gasteiger partial charge is 0.347 e. The Bertz CT molecular complexity index is 969. The number of hydrogen-bond acceptors (Lipinski definition) is 2. The van der Waals surface area contributed by atoms with Gasteiger partial charge in [0.15, 0.2) is 0 Å². The minimum Gasteiger partial charge on any atom is -0.347 e.